The molecule has 1 saturated carbocycles. The van der Waals surface area contributed by atoms with E-state index in [-0.39, 0.29) is 0 Å². The first kappa shape index (κ1) is 11.3. The third-order valence-electron chi connectivity index (χ3n) is 4.83. The third kappa shape index (κ3) is 2.13. The summed E-state index contributed by atoms with van der Waals surface area (Å²) in [6.07, 6.45) is 7.92. The predicted molar refractivity (Wildman–Crippen MR) is 72.4 cm³/mol. The highest BCUT2D eigenvalue weighted by molar-refractivity contribution is 5.35. The molecule has 1 N–H and O–H groups in total. The van der Waals surface area contributed by atoms with Gasteiger partial charge in [-0.1, -0.05) is 25.1 Å². The van der Waals surface area contributed by atoms with Gasteiger partial charge in [-0.3, -0.25) is 0 Å². The largest absolute Gasteiger partial charge is 0.316 e. The van der Waals surface area contributed by atoms with Gasteiger partial charge in [-0.25, -0.2) is 0 Å². The van der Waals surface area contributed by atoms with Gasteiger partial charge in [0.15, 0.2) is 0 Å². The van der Waals surface area contributed by atoms with Crippen LogP contribution in [-0.4, -0.2) is 13.1 Å². The Morgan fingerprint density at radius 1 is 1.24 bits per heavy atom. The number of fused-ring (bicyclic) bond motifs is 1. The highest BCUT2D eigenvalue weighted by atomic mass is 14.9. The number of nitrogens with one attached hydrogen (secondary N) is 1. The maximum atomic E-state index is 3.52. The lowest BCUT2D eigenvalue weighted by molar-refractivity contribution is 0.376. The summed E-state index contributed by atoms with van der Waals surface area (Å²) in [4.78, 5) is 0. The SMILES string of the molecule is CNC(Cc1ccc2c(c1)CCC2)C1(C)CC1. The number of benzene rings is 1. The van der Waals surface area contributed by atoms with E-state index in [1.165, 1.54) is 44.1 Å². The average Bonchev–Trinajstić information content (AvgIpc) is 2.92. The van der Waals surface area contributed by atoms with Crippen LogP contribution in [0, 0.1) is 5.41 Å². The average molecular weight is 229 g/mol. The van der Waals surface area contributed by atoms with Crippen LogP contribution in [0.2, 0.25) is 0 Å². The van der Waals surface area contributed by atoms with Crippen LogP contribution in [0.25, 0.3) is 0 Å². The van der Waals surface area contributed by atoms with Crippen LogP contribution in [0.5, 0.6) is 0 Å². The Morgan fingerprint density at radius 2 is 2.00 bits per heavy atom. The Morgan fingerprint density at radius 3 is 2.71 bits per heavy atom. The topological polar surface area (TPSA) is 12.0 Å². The molecule has 1 aromatic rings. The van der Waals surface area contributed by atoms with E-state index in [0.29, 0.717) is 11.5 Å². The molecule has 0 aromatic heterocycles. The molecule has 1 aromatic carbocycles. The normalized spacial score (nSPS) is 22.2. The fourth-order valence-corrected chi connectivity index (χ4v) is 3.23. The summed E-state index contributed by atoms with van der Waals surface area (Å²) in [6.45, 7) is 2.42. The highest BCUT2D eigenvalue weighted by Gasteiger charge is 2.43. The van der Waals surface area contributed by atoms with Crippen molar-refractivity contribution in [2.24, 2.45) is 5.41 Å². The molecule has 17 heavy (non-hydrogen) atoms. The van der Waals surface area contributed by atoms with Gasteiger partial charge in [0, 0.05) is 6.04 Å². The zero-order chi connectivity index (χ0) is 11.9. The zero-order valence-electron chi connectivity index (χ0n) is 11.1. The van der Waals surface area contributed by atoms with Crippen molar-refractivity contribution < 1.29 is 0 Å². The number of aryl methyl sites for hydroxylation is 2. The third-order valence-corrected chi connectivity index (χ3v) is 4.83. The Labute approximate surface area is 105 Å². The quantitative estimate of drug-likeness (QED) is 0.836. The van der Waals surface area contributed by atoms with E-state index in [4.69, 9.17) is 0 Å². The molecule has 1 unspecified atom stereocenters. The van der Waals surface area contributed by atoms with E-state index < -0.39 is 0 Å². The van der Waals surface area contributed by atoms with Crippen LogP contribution in [0.1, 0.15) is 42.9 Å². The van der Waals surface area contributed by atoms with E-state index in [0.717, 1.165) is 0 Å². The first-order valence-corrected chi connectivity index (χ1v) is 6.99. The lowest BCUT2D eigenvalue weighted by Gasteiger charge is -2.23. The summed E-state index contributed by atoms with van der Waals surface area (Å²) >= 11 is 0. The van der Waals surface area contributed by atoms with E-state index >= 15 is 0 Å². The number of rotatable bonds is 4. The minimum atomic E-state index is 0.563. The second kappa shape index (κ2) is 4.13. The molecule has 0 bridgehead atoms. The van der Waals surface area contributed by atoms with Crippen LogP contribution in [-0.2, 0) is 19.3 Å². The summed E-state index contributed by atoms with van der Waals surface area (Å²) in [5.41, 5.74) is 5.29. The van der Waals surface area contributed by atoms with Crippen molar-refractivity contribution in [1.82, 2.24) is 5.32 Å². The lowest BCUT2D eigenvalue weighted by Crippen LogP contribution is -2.35. The summed E-state index contributed by atoms with van der Waals surface area (Å²) in [7, 11) is 2.11. The molecule has 0 saturated heterocycles. The second-order valence-electron chi connectivity index (χ2n) is 6.16. The molecular formula is C16H23N. The van der Waals surface area contributed by atoms with E-state index in [2.05, 4.69) is 37.5 Å². The minimum Gasteiger partial charge on any atom is -0.316 e. The van der Waals surface area contributed by atoms with Gasteiger partial charge in [-0.05, 0) is 67.7 Å². The maximum Gasteiger partial charge on any atom is 0.0158 e. The molecule has 0 amide bonds. The molecule has 1 atom stereocenters. The number of hydrogen-bond acceptors (Lipinski definition) is 1. The predicted octanol–water partition coefficient (Wildman–Crippen LogP) is 3.11. The summed E-state index contributed by atoms with van der Waals surface area (Å²) in [5.74, 6) is 0. The first-order chi connectivity index (χ1) is 8.21. The van der Waals surface area contributed by atoms with Gasteiger partial charge in [0.1, 0.15) is 0 Å². The van der Waals surface area contributed by atoms with Crippen molar-refractivity contribution in [3.05, 3.63) is 34.9 Å². The molecule has 2 aliphatic rings. The molecule has 3 rings (SSSR count). The van der Waals surface area contributed by atoms with Gasteiger partial charge in [-0.2, -0.15) is 0 Å². The van der Waals surface area contributed by atoms with Crippen molar-refractivity contribution in [1.29, 1.82) is 0 Å². The fourth-order valence-electron chi connectivity index (χ4n) is 3.23. The van der Waals surface area contributed by atoms with E-state index in [1.54, 1.807) is 11.1 Å². The van der Waals surface area contributed by atoms with Crippen LogP contribution < -0.4 is 5.32 Å². The molecular weight excluding hydrogens is 206 g/mol. The van der Waals surface area contributed by atoms with Gasteiger partial charge in [-0.15, -0.1) is 0 Å². The van der Waals surface area contributed by atoms with Gasteiger partial charge in [0.05, 0.1) is 0 Å². The Kier molecular flexibility index (Phi) is 2.74. The molecule has 1 heteroatoms. The van der Waals surface area contributed by atoms with Gasteiger partial charge in [0.25, 0.3) is 0 Å². The summed E-state index contributed by atoms with van der Waals surface area (Å²) < 4.78 is 0. The van der Waals surface area contributed by atoms with Crippen molar-refractivity contribution in [3.8, 4) is 0 Å². The van der Waals surface area contributed by atoms with Crippen LogP contribution in [0.4, 0.5) is 0 Å². The molecule has 0 spiro atoms. The molecule has 1 nitrogen and oxygen atoms in total. The highest BCUT2D eigenvalue weighted by Crippen LogP contribution is 2.48. The number of likely N-dealkylation sites (N-methyl/N-ethyl adjacent to an activating group) is 1. The van der Waals surface area contributed by atoms with Crippen molar-refractivity contribution in [2.75, 3.05) is 7.05 Å². The van der Waals surface area contributed by atoms with E-state index in [1.807, 2.05) is 0 Å². The first-order valence-electron chi connectivity index (χ1n) is 6.99. The molecule has 0 aliphatic heterocycles. The van der Waals surface area contributed by atoms with Gasteiger partial charge in [0.2, 0.25) is 0 Å². The van der Waals surface area contributed by atoms with E-state index in [9.17, 15) is 0 Å². The molecule has 1 fully saturated rings. The van der Waals surface area contributed by atoms with Gasteiger partial charge < -0.3 is 5.32 Å². The molecule has 2 aliphatic carbocycles. The van der Waals surface area contributed by atoms with Crippen LogP contribution >= 0.6 is 0 Å². The van der Waals surface area contributed by atoms with Crippen LogP contribution in [0.3, 0.4) is 0 Å². The molecule has 0 radical (unpaired) electrons. The zero-order valence-corrected chi connectivity index (χ0v) is 11.1. The van der Waals surface area contributed by atoms with Gasteiger partial charge >= 0.3 is 0 Å². The Bertz CT molecular complexity index is 418. The molecule has 0 heterocycles. The minimum absolute atomic E-state index is 0.563. The summed E-state index contributed by atoms with van der Waals surface area (Å²) in [5, 5.41) is 3.52. The van der Waals surface area contributed by atoms with Crippen LogP contribution in [0.15, 0.2) is 18.2 Å². The van der Waals surface area contributed by atoms with Crippen molar-refractivity contribution in [3.63, 3.8) is 0 Å². The Balaban J connectivity index is 1.76. The number of hydrogen-bond donors (Lipinski definition) is 1. The van der Waals surface area contributed by atoms with Crippen molar-refractivity contribution >= 4 is 0 Å². The second-order valence-corrected chi connectivity index (χ2v) is 6.16. The molecule has 92 valence electrons. The fraction of sp³-hybridized carbons (Fsp3) is 0.625. The lowest BCUT2D eigenvalue weighted by atomic mass is 9.91. The summed E-state index contributed by atoms with van der Waals surface area (Å²) in [6, 6.07) is 7.82. The van der Waals surface area contributed by atoms with Crippen molar-refractivity contribution in [2.45, 2.75) is 51.5 Å². The monoisotopic (exact) mass is 229 g/mol. The smallest absolute Gasteiger partial charge is 0.0158 e. The maximum absolute atomic E-state index is 3.52. The standard InChI is InChI=1S/C16H23N/c1-16(8-9-16)15(17-2)11-12-6-7-13-4-3-5-14(13)10-12/h6-7,10,15,17H,3-5,8-9,11H2,1-2H3. The Hall–Kier alpha value is -0.820.